The van der Waals surface area contributed by atoms with Gasteiger partial charge in [0, 0.05) is 17.0 Å². The van der Waals surface area contributed by atoms with Crippen LogP contribution >= 0.6 is 0 Å². The van der Waals surface area contributed by atoms with E-state index in [1.54, 1.807) is 0 Å². The van der Waals surface area contributed by atoms with Crippen molar-refractivity contribution in [2.24, 2.45) is 0 Å². The number of halogens is 2. The predicted octanol–water partition coefficient (Wildman–Crippen LogP) is 3.32. The quantitative estimate of drug-likeness (QED) is 0.654. The van der Waals surface area contributed by atoms with E-state index < -0.39 is 11.6 Å². The van der Waals surface area contributed by atoms with Crippen molar-refractivity contribution in [2.75, 3.05) is 0 Å². The van der Waals surface area contributed by atoms with Crippen molar-refractivity contribution in [1.29, 1.82) is 0 Å². The van der Waals surface area contributed by atoms with Gasteiger partial charge in [-0.2, -0.15) is 0 Å². The van der Waals surface area contributed by atoms with Crippen LogP contribution in [0.2, 0.25) is 0 Å². The Hall–Kier alpha value is -1.77. The van der Waals surface area contributed by atoms with Gasteiger partial charge in [-0.3, -0.25) is 4.79 Å². The summed E-state index contributed by atoms with van der Waals surface area (Å²) < 4.78 is 26.2. The van der Waals surface area contributed by atoms with E-state index in [-0.39, 0.29) is 5.78 Å². The van der Waals surface area contributed by atoms with Gasteiger partial charge in [0.15, 0.2) is 5.78 Å². The van der Waals surface area contributed by atoms with Crippen LogP contribution in [0.15, 0.2) is 30.3 Å². The molecule has 15 heavy (non-hydrogen) atoms. The first-order chi connectivity index (χ1) is 7.08. The van der Waals surface area contributed by atoms with E-state index in [1.807, 2.05) is 0 Å². The standard InChI is InChI=1S/C12H8F2O/c1-7(15)8-2-3-11-9(4-8)5-10(13)6-12(11)14/h2-6H,1H3. The summed E-state index contributed by atoms with van der Waals surface area (Å²) in [5, 5.41) is 0.724. The molecule has 76 valence electrons. The Kier molecular flexibility index (Phi) is 2.23. The van der Waals surface area contributed by atoms with Gasteiger partial charge in [0.25, 0.3) is 0 Å². The maximum atomic E-state index is 13.3. The third-order valence-electron chi connectivity index (χ3n) is 2.27. The lowest BCUT2D eigenvalue weighted by molar-refractivity contribution is 0.101. The van der Waals surface area contributed by atoms with Crippen molar-refractivity contribution >= 4 is 16.6 Å². The molecule has 0 saturated carbocycles. The predicted molar refractivity (Wildman–Crippen MR) is 53.9 cm³/mol. The zero-order valence-electron chi connectivity index (χ0n) is 8.05. The lowest BCUT2D eigenvalue weighted by atomic mass is 10.0. The molecule has 0 radical (unpaired) electrons. The number of hydrogen-bond donors (Lipinski definition) is 0. The second-order valence-corrected chi connectivity index (χ2v) is 3.38. The topological polar surface area (TPSA) is 17.1 Å². The molecule has 3 heteroatoms. The molecular formula is C12H8F2O. The molecular weight excluding hydrogens is 198 g/mol. The van der Waals surface area contributed by atoms with E-state index in [2.05, 4.69) is 0 Å². The van der Waals surface area contributed by atoms with Gasteiger partial charge < -0.3 is 0 Å². The van der Waals surface area contributed by atoms with Crippen LogP contribution in [0.3, 0.4) is 0 Å². The van der Waals surface area contributed by atoms with Crippen LogP contribution in [-0.2, 0) is 0 Å². The van der Waals surface area contributed by atoms with E-state index in [4.69, 9.17) is 0 Å². The highest BCUT2D eigenvalue weighted by Crippen LogP contribution is 2.21. The summed E-state index contributed by atoms with van der Waals surface area (Å²) in [5.41, 5.74) is 0.451. The summed E-state index contributed by atoms with van der Waals surface area (Å²) in [6, 6.07) is 6.55. The number of carbonyl (C=O) groups excluding carboxylic acids is 1. The Labute approximate surface area is 85.3 Å². The largest absolute Gasteiger partial charge is 0.295 e. The van der Waals surface area contributed by atoms with Crippen LogP contribution in [0.5, 0.6) is 0 Å². The monoisotopic (exact) mass is 206 g/mol. The molecule has 0 fully saturated rings. The summed E-state index contributed by atoms with van der Waals surface area (Å²) in [6.07, 6.45) is 0. The fourth-order valence-electron chi connectivity index (χ4n) is 1.51. The fourth-order valence-corrected chi connectivity index (χ4v) is 1.51. The molecule has 0 aromatic heterocycles. The van der Waals surface area contributed by atoms with Crippen molar-refractivity contribution < 1.29 is 13.6 Å². The average Bonchev–Trinajstić information content (AvgIpc) is 2.16. The Balaban J connectivity index is 2.76. The van der Waals surface area contributed by atoms with Crippen molar-refractivity contribution in [2.45, 2.75) is 6.92 Å². The molecule has 2 rings (SSSR count). The van der Waals surface area contributed by atoms with Gasteiger partial charge in [-0.25, -0.2) is 8.78 Å². The number of hydrogen-bond acceptors (Lipinski definition) is 1. The molecule has 0 heterocycles. The lowest BCUT2D eigenvalue weighted by Gasteiger charge is -2.02. The van der Waals surface area contributed by atoms with E-state index in [9.17, 15) is 13.6 Å². The first-order valence-corrected chi connectivity index (χ1v) is 4.47. The van der Waals surface area contributed by atoms with Gasteiger partial charge in [-0.05, 0) is 24.4 Å². The van der Waals surface area contributed by atoms with Crippen molar-refractivity contribution in [1.82, 2.24) is 0 Å². The molecule has 2 aromatic carbocycles. The first-order valence-electron chi connectivity index (χ1n) is 4.47. The summed E-state index contributed by atoms with van der Waals surface area (Å²) >= 11 is 0. The average molecular weight is 206 g/mol. The Morgan fingerprint density at radius 2 is 1.87 bits per heavy atom. The van der Waals surface area contributed by atoms with Gasteiger partial charge in [-0.1, -0.05) is 12.1 Å². The van der Waals surface area contributed by atoms with Gasteiger partial charge >= 0.3 is 0 Å². The molecule has 0 amide bonds. The number of carbonyl (C=O) groups is 1. The van der Waals surface area contributed by atoms with E-state index in [1.165, 1.54) is 31.2 Å². The second-order valence-electron chi connectivity index (χ2n) is 3.38. The fraction of sp³-hybridized carbons (Fsp3) is 0.0833. The molecule has 0 N–H and O–H groups in total. The number of fused-ring (bicyclic) bond motifs is 1. The minimum atomic E-state index is -0.638. The maximum Gasteiger partial charge on any atom is 0.159 e. The molecule has 0 saturated heterocycles. The highest BCUT2D eigenvalue weighted by atomic mass is 19.1. The zero-order valence-corrected chi connectivity index (χ0v) is 8.05. The summed E-state index contributed by atoms with van der Waals surface area (Å²) in [6.45, 7) is 1.41. The molecule has 0 atom stereocenters. The number of rotatable bonds is 1. The third-order valence-corrected chi connectivity index (χ3v) is 2.27. The first kappa shape index (κ1) is 9.77. The smallest absolute Gasteiger partial charge is 0.159 e. The molecule has 0 aliphatic rings. The SMILES string of the molecule is CC(=O)c1ccc2c(F)cc(F)cc2c1. The zero-order chi connectivity index (χ0) is 11.0. The van der Waals surface area contributed by atoms with Crippen LogP contribution in [0, 0.1) is 11.6 Å². The Morgan fingerprint density at radius 1 is 1.13 bits per heavy atom. The van der Waals surface area contributed by atoms with Crippen molar-refractivity contribution in [3.8, 4) is 0 Å². The maximum absolute atomic E-state index is 13.3. The minimum absolute atomic E-state index is 0.124. The lowest BCUT2D eigenvalue weighted by Crippen LogP contribution is -1.92. The van der Waals surface area contributed by atoms with Crippen LogP contribution in [0.25, 0.3) is 10.8 Å². The molecule has 0 bridgehead atoms. The van der Waals surface area contributed by atoms with Crippen LogP contribution in [0.1, 0.15) is 17.3 Å². The molecule has 0 unspecified atom stereocenters. The van der Waals surface area contributed by atoms with Gasteiger partial charge in [0.1, 0.15) is 11.6 Å². The molecule has 0 aliphatic heterocycles. The van der Waals surface area contributed by atoms with Gasteiger partial charge in [-0.15, -0.1) is 0 Å². The summed E-state index contributed by atoms with van der Waals surface area (Å²) in [5.74, 6) is -1.37. The van der Waals surface area contributed by atoms with E-state index in [0.29, 0.717) is 16.3 Å². The second kappa shape index (κ2) is 3.42. The van der Waals surface area contributed by atoms with Crippen LogP contribution in [-0.4, -0.2) is 5.78 Å². The van der Waals surface area contributed by atoms with E-state index >= 15 is 0 Å². The van der Waals surface area contributed by atoms with Crippen molar-refractivity contribution in [3.05, 3.63) is 47.5 Å². The van der Waals surface area contributed by atoms with Crippen LogP contribution in [0.4, 0.5) is 8.78 Å². The normalized spacial score (nSPS) is 10.6. The molecule has 0 spiro atoms. The summed E-state index contributed by atoms with van der Waals surface area (Å²) in [7, 11) is 0. The Morgan fingerprint density at radius 3 is 2.53 bits per heavy atom. The summed E-state index contributed by atoms with van der Waals surface area (Å²) in [4.78, 5) is 11.1. The van der Waals surface area contributed by atoms with Gasteiger partial charge in [0.2, 0.25) is 0 Å². The minimum Gasteiger partial charge on any atom is -0.295 e. The van der Waals surface area contributed by atoms with Gasteiger partial charge in [0.05, 0.1) is 0 Å². The highest BCUT2D eigenvalue weighted by Gasteiger charge is 2.06. The number of Topliss-reactive ketones (excluding diaryl/α,β-unsaturated/α-hetero) is 1. The Bertz CT molecular complexity index is 547. The molecule has 0 aliphatic carbocycles. The van der Waals surface area contributed by atoms with Crippen LogP contribution < -0.4 is 0 Å². The van der Waals surface area contributed by atoms with E-state index in [0.717, 1.165) is 6.07 Å². The molecule has 1 nitrogen and oxygen atoms in total. The van der Waals surface area contributed by atoms with Crippen molar-refractivity contribution in [3.63, 3.8) is 0 Å². The number of benzene rings is 2. The highest BCUT2D eigenvalue weighted by molar-refractivity contribution is 5.98. The third kappa shape index (κ3) is 1.73. The number of ketones is 1. The molecule has 2 aromatic rings.